The van der Waals surface area contributed by atoms with Crippen LogP contribution in [0.1, 0.15) is 37.0 Å². The summed E-state index contributed by atoms with van der Waals surface area (Å²) in [6, 6.07) is 0. The molecule has 1 heterocycles. The molecule has 0 aliphatic heterocycles. The lowest BCUT2D eigenvalue weighted by Gasteiger charge is -2.03. The topological polar surface area (TPSA) is 84.2 Å². The number of carboxylic acids is 1. The summed E-state index contributed by atoms with van der Waals surface area (Å²) in [4.78, 5) is 22.0. The lowest BCUT2D eigenvalue weighted by Crippen LogP contribution is -2.24. The number of nitrogens with one attached hydrogen (secondary N) is 1. The van der Waals surface area contributed by atoms with Crippen LogP contribution in [0, 0.1) is 5.92 Å². The summed E-state index contributed by atoms with van der Waals surface area (Å²) in [5.74, 6) is -0.597. The second kappa shape index (κ2) is 6.78. The zero-order valence-corrected chi connectivity index (χ0v) is 10.7. The Hall–Kier alpha value is -1.85. The lowest BCUT2D eigenvalue weighted by atomic mass is 10.2. The van der Waals surface area contributed by atoms with Crippen molar-refractivity contribution >= 4 is 11.9 Å². The van der Waals surface area contributed by atoms with Crippen molar-refractivity contribution in [2.24, 2.45) is 5.92 Å². The molecule has 18 heavy (non-hydrogen) atoms. The quantitative estimate of drug-likeness (QED) is 0.713. The third-order valence-corrected chi connectivity index (χ3v) is 2.30. The van der Waals surface area contributed by atoms with Gasteiger partial charge in [0.2, 0.25) is 0 Å². The van der Waals surface area contributed by atoms with Gasteiger partial charge in [0.25, 0.3) is 5.91 Å². The van der Waals surface area contributed by atoms with Gasteiger partial charge in [0, 0.05) is 25.7 Å². The first-order valence-electron chi connectivity index (χ1n) is 6.01. The smallest absolute Gasteiger partial charge is 0.303 e. The molecule has 100 valence electrons. The summed E-state index contributed by atoms with van der Waals surface area (Å²) < 4.78 is 1.73. The Kier molecular flexibility index (Phi) is 5.35. The van der Waals surface area contributed by atoms with Crippen LogP contribution in [0.5, 0.6) is 0 Å². The average Bonchev–Trinajstić information content (AvgIpc) is 2.71. The Morgan fingerprint density at radius 1 is 1.50 bits per heavy atom. The third kappa shape index (κ3) is 4.99. The van der Waals surface area contributed by atoms with Gasteiger partial charge in [-0.3, -0.25) is 14.3 Å². The number of hydrogen-bond acceptors (Lipinski definition) is 3. The first kappa shape index (κ1) is 14.2. The first-order chi connectivity index (χ1) is 8.49. The number of carbonyl (C=O) groups excluding carboxylic acids is 1. The van der Waals surface area contributed by atoms with Crippen molar-refractivity contribution in [1.82, 2.24) is 15.1 Å². The van der Waals surface area contributed by atoms with E-state index in [1.54, 1.807) is 10.9 Å². The summed E-state index contributed by atoms with van der Waals surface area (Å²) in [6.07, 6.45) is 3.72. The maximum Gasteiger partial charge on any atom is 0.303 e. The molecule has 0 aliphatic carbocycles. The minimum atomic E-state index is -0.853. The molecule has 0 bridgehead atoms. The van der Waals surface area contributed by atoms with Crippen molar-refractivity contribution in [1.29, 1.82) is 0 Å². The Morgan fingerprint density at radius 3 is 2.83 bits per heavy atom. The van der Waals surface area contributed by atoms with Gasteiger partial charge in [-0.2, -0.15) is 5.10 Å². The summed E-state index contributed by atoms with van der Waals surface area (Å²) in [6.45, 7) is 5.29. The molecule has 0 saturated heterocycles. The maximum atomic E-state index is 11.7. The van der Waals surface area contributed by atoms with Crippen molar-refractivity contribution in [3.05, 3.63) is 18.0 Å². The SMILES string of the molecule is CC(C)Cn1cc(C(=O)NCCCC(=O)O)cn1. The predicted octanol–water partition coefficient (Wildman–Crippen LogP) is 1.13. The molecule has 0 spiro atoms. The highest BCUT2D eigenvalue weighted by atomic mass is 16.4. The van der Waals surface area contributed by atoms with Crippen LogP contribution in [0.3, 0.4) is 0 Å². The molecule has 0 aliphatic rings. The molecule has 6 nitrogen and oxygen atoms in total. The van der Waals surface area contributed by atoms with E-state index in [0.717, 1.165) is 6.54 Å². The van der Waals surface area contributed by atoms with Crippen LogP contribution in [0.15, 0.2) is 12.4 Å². The van der Waals surface area contributed by atoms with E-state index in [2.05, 4.69) is 24.3 Å². The minimum Gasteiger partial charge on any atom is -0.481 e. The summed E-state index contributed by atoms with van der Waals surface area (Å²) in [5.41, 5.74) is 0.506. The molecular formula is C12H19N3O3. The van der Waals surface area contributed by atoms with Crippen molar-refractivity contribution in [3.63, 3.8) is 0 Å². The molecule has 1 aromatic rings. The zero-order chi connectivity index (χ0) is 13.5. The van der Waals surface area contributed by atoms with E-state index in [1.807, 2.05) is 0 Å². The van der Waals surface area contributed by atoms with E-state index >= 15 is 0 Å². The molecule has 0 fully saturated rings. The highest BCUT2D eigenvalue weighted by Gasteiger charge is 2.08. The summed E-state index contributed by atoms with van der Waals surface area (Å²) in [7, 11) is 0. The van der Waals surface area contributed by atoms with Gasteiger partial charge in [-0.25, -0.2) is 0 Å². The minimum absolute atomic E-state index is 0.0624. The fraction of sp³-hybridized carbons (Fsp3) is 0.583. The van der Waals surface area contributed by atoms with E-state index in [-0.39, 0.29) is 12.3 Å². The average molecular weight is 253 g/mol. The monoisotopic (exact) mass is 253 g/mol. The fourth-order valence-corrected chi connectivity index (χ4v) is 1.50. The molecule has 0 saturated carbocycles. The Morgan fingerprint density at radius 2 is 2.22 bits per heavy atom. The molecule has 1 aromatic heterocycles. The highest BCUT2D eigenvalue weighted by Crippen LogP contribution is 2.02. The van der Waals surface area contributed by atoms with Gasteiger partial charge < -0.3 is 10.4 Å². The molecule has 0 unspecified atom stereocenters. The standard InChI is InChI=1S/C12H19N3O3/c1-9(2)7-15-8-10(6-14-15)12(18)13-5-3-4-11(16)17/h6,8-9H,3-5,7H2,1-2H3,(H,13,18)(H,16,17). The molecule has 0 radical (unpaired) electrons. The largest absolute Gasteiger partial charge is 0.481 e. The molecule has 6 heteroatoms. The van der Waals surface area contributed by atoms with E-state index in [4.69, 9.17) is 5.11 Å². The van der Waals surface area contributed by atoms with E-state index in [1.165, 1.54) is 6.20 Å². The Bertz CT molecular complexity index is 412. The van der Waals surface area contributed by atoms with Crippen LogP contribution >= 0.6 is 0 Å². The summed E-state index contributed by atoms with van der Waals surface area (Å²) in [5, 5.41) is 15.2. The number of aromatic nitrogens is 2. The zero-order valence-electron chi connectivity index (χ0n) is 10.7. The number of carboxylic acid groups (broad SMARTS) is 1. The molecule has 2 N–H and O–H groups in total. The van der Waals surface area contributed by atoms with Crippen LogP contribution in [0.2, 0.25) is 0 Å². The van der Waals surface area contributed by atoms with Crippen molar-refractivity contribution in [2.45, 2.75) is 33.2 Å². The first-order valence-corrected chi connectivity index (χ1v) is 6.01. The van der Waals surface area contributed by atoms with Crippen molar-refractivity contribution in [3.8, 4) is 0 Å². The third-order valence-electron chi connectivity index (χ3n) is 2.30. The van der Waals surface area contributed by atoms with E-state index in [9.17, 15) is 9.59 Å². The second-order valence-corrected chi connectivity index (χ2v) is 4.60. The predicted molar refractivity (Wildman–Crippen MR) is 66.3 cm³/mol. The van der Waals surface area contributed by atoms with E-state index in [0.29, 0.717) is 24.4 Å². The van der Waals surface area contributed by atoms with E-state index < -0.39 is 5.97 Å². The molecular weight excluding hydrogens is 234 g/mol. The molecule has 0 atom stereocenters. The number of hydrogen-bond donors (Lipinski definition) is 2. The molecule has 0 aromatic carbocycles. The maximum absolute atomic E-state index is 11.7. The van der Waals surface area contributed by atoms with Crippen LogP contribution in [0.25, 0.3) is 0 Å². The molecule has 1 rings (SSSR count). The van der Waals surface area contributed by atoms with Gasteiger partial charge in [-0.15, -0.1) is 0 Å². The van der Waals surface area contributed by atoms with Crippen LogP contribution in [0.4, 0.5) is 0 Å². The van der Waals surface area contributed by atoms with Crippen molar-refractivity contribution < 1.29 is 14.7 Å². The Balaban J connectivity index is 2.37. The number of carbonyl (C=O) groups is 2. The number of rotatable bonds is 7. The van der Waals surface area contributed by atoms with Crippen LogP contribution < -0.4 is 5.32 Å². The normalized spacial score (nSPS) is 10.6. The Labute approximate surface area is 106 Å². The van der Waals surface area contributed by atoms with Crippen LogP contribution in [-0.2, 0) is 11.3 Å². The number of aliphatic carboxylic acids is 1. The number of nitrogens with zero attached hydrogens (tertiary/aromatic N) is 2. The number of amides is 1. The van der Waals surface area contributed by atoms with Gasteiger partial charge in [0.05, 0.1) is 11.8 Å². The fourth-order valence-electron chi connectivity index (χ4n) is 1.50. The van der Waals surface area contributed by atoms with Gasteiger partial charge >= 0.3 is 5.97 Å². The van der Waals surface area contributed by atoms with Gasteiger partial charge in [0.15, 0.2) is 0 Å². The highest BCUT2D eigenvalue weighted by molar-refractivity contribution is 5.93. The second-order valence-electron chi connectivity index (χ2n) is 4.60. The molecule has 1 amide bonds. The van der Waals surface area contributed by atoms with Gasteiger partial charge in [-0.1, -0.05) is 13.8 Å². The lowest BCUT2D eigenvalue weighted by molar-refractivity contribution is -0.137. The van der Waals surface area contributed by atoms with Crippen LogP contribution in [-0.4, -0.2) is 33.3 Å². The van der Waals surface area contributed by atoms with Gasteiger partial charge in [0.1, 0.15) is 0 Å². The summed E-state index contributed by atoms with van der Waals surface area (Å²) >= 11 is 0. The van der Waals surface area contributed by atoms with Crippen molar-refractivity contribution in [2.75, 3.05) is 6.54 Å². The van der Waals surface area contributed by atoms with Gasteiger partial charge in [-0.05, 0) is 12.3 Å².